The number of benzene rings is 2. The van der Waals surface area contributed by atoms with E-state index >= 15 is 0 Å². The van der Waals surface area contributed by atoms with E-state index in [1.54, 1.807) is 30.6 Å². The second-order valence-electron chi connectivity index (χ2n) is 8.82. The van der Waals surface area contributed by atoms with Gasteiger partial charge in [-0.05, 0) is 61.2 Å². The monoisotopic (exact) mass is 475 g/mol. The van der Waals surface area contributed by atoms with E-state index in [-0.39, 0.29) is 18.6 Å². The second kappa shape index (κ2) is 11.6. The Balaban J connectivity index is 1.71. The smallest absolute Gasteiger partial charge is 0.265 e. The number of nitrogens with zero attached hydrogens (tertiary/aromatic N) is 2. The SMILES string of the molecule is Cc1ccccc1C(C(=O)NC1CCCCC1)N(C(=O)COc1ccncc1)c1cccc(F)c1. The van der Waals surface area contributed by atoms with E-state index in [4.69, 9.17) is 4.74 Å². The van der Waals surface area contributed by atoms with Gasteiger partial charge in [0, 0.05) is 24.1 Å². The number of aryl methyl sites for hydroxylation is 1. The quantitative estimate of drug-likeness (QED) is 0.490. The third kappa shape index (κ3) is 6.23. The largest absolute Gasteiger partial charge is 0.484 e. The lowest BCUT2D eigenvalue weighted by Crippen LogP contribution is -2.48. The highest BCUT2D eigenvalue weighted by atomic mass is 19.1. The van der Waals surface area contributed by atoms with Crippen molar-refractivity contribution in [2.75, 3.05) is 11.5 Å². The molecular weight excluding hydrogens is 445 g/mol. The van der Waals surface area contributed by atoms with E-state index in [1.165, 1.54) is 23.1 Å². The van der Waals surface area contributed by atoms with Crippen LogP contribution in [0, 0.1) is 12.7 Å². The number of nitrogens with one attached hydrogen (secondary N) is 1. The van der Waals surface area contributed by atoms with Gasteiger partial charge in [-0.25, -0.2) is 4.39 Å². The van der Waals surface area contributed by atoms with Crippen LogP contribution in [0.2, 0.25) is 0 Å². The summed E-state index contributed by atoms with van der Waals surface area (Å²) in [4.78, 5) is 32.7. The van der Waals surface area contributed by atoms with E-state index < -0.39 is 17.8 Å². The molecule has 0 spiro atoms. The Hall–Kier alpha value is -3.74. The number of ether oxygens (including phenoxy) is 1. The number of hydrogen-bond donors (Lipinski definition) is 1. The summed E-state index contributed by atoms with van der Waals surface area (Å²) in [6, 6.07) is 15.6. The van der Waals surface area contributed by atoms with Crippen LogP contribution in [0.5, 0.6) is 5.75 Å². The van der Waals surface area contributed by atoms with Crippen LogP contribution in [0.1, 0.15) is 49.3 Å². The van der Waals surface area contributed by atoms with Gasteiger partial charge in [-0.3, -0.25) is 19.5 Å². The lowest BCUT2D eigenvalue weighted by atomic mass is 9.93. The molecule has 0 saturated heterocycles. The first-order chi connectivity index (χ1) is 17.0. The van der Waals surface area contributed by atoms with Gasteiger partial charge >= 0.3 is 0 Å². The molecule has 2 amide bonds. The molecule has 1 aliphatic carbocycles. The molecule has 1 N–H and O–H groups in total. The van der Waals surface area contributed by atoms with Gasteiger partial charge in [0.1, 0.15) is 17.6 Å². The second-order valence-corrected chi connectivity index (χ2v) is 8.82. The first kappa shape index (κ1) is 24.4. The number of rotatable bonds is 8. The molecule has 1 heterocycles. The molecule has 4 rings (SSSR count). The predicted molar refractivity (Wildman–Crippen MR) is 133 cm³/mol. The topological polar surface area (TPSA) is 71.5 Å². The molecule has 0 aliphatic heterocycles. The molecule has 1 saturated carbocycles. The Morgan fingerprint density at radius 1 is 1.06 bits per heavy atom. The molecule has 1 unspecified atom stereocenters. The molecule has 2 aromatic carbocycles. The minimum atomic E-state index is -0.978. The molecular formula is C28H30FN3O3. The molecule has 1 aliphatic rings. The van der Waals surface area contributed by atoms with Gasteiger partial charge in [-0.15, -0.1) is 0 Å². The Labute approximate surface area is 205 Å². The Kier molecular flexibility index (Phi) is 8.08. The van der Waals surface area contributed by atoms with Crippen molar-refractivity contribution in [3.8, 4) is 5.75 Å². The molecule has 35 heavy (non-hydrogen) atoms. The number of carbonyl (C=O) groups excluding carboxylic acids is 2. The van der Waals surface area contributed by atoms with Gasteiger partial charge in [0.15, 0.2) is 6.61 Å². The molecule has 3 aromatic rings. The summed E-state index contributed by atoms with van der Waals surface area (Å²) in [7, 11) is 0. The average Bonchev–Trinajstić information content (AvgIpc) is 2.87. The first-order valence-corrected chi connectivity index (χ1v) is 12.0. The first-order valence-electron chi connectivity index (χ1n) is 12.0. The average molecular weight is 476 g/mol. The highest BCUT2D eigenvalue weighted by Gasteiger charge is 2.35. The van der Waals surface area contributed by atoms with Crippen molar-refractivity contribution < 1.29 is 18.7 Å². The fourth-order valence-corrected chi connectivity index (χ4v) is 4.53. The third-order valence-electron chi connectivity index (χ3n) is 6.31. The van der Waals surface area contributed by atoms with Crippen molar-refractivity contribution in [3.63, 3.8) is 0 Å². The zero-order valence-corrected chi connectivity index (χ0v) is 19.8. The Morgan fingerprint density at radius 2 is 1.80 bits per heavy atom. The molecule has 0 radical (unpaired) electrons. The fraction of sp³-hybridized carbons (Fsp3) is 0.321. The van der Waals surface area contributed by atoms with Crippen LogP contribution < -0.4 is 15.0 Å². The van der Waals surface area contributed by atoms with Gasteiger partial charge in [-0.2, -0.15) is 0 Å². The van der Waals surface area contributed by atoms with E-state index in [2.05, 4.69) is 10.3 Å². The van der Waals surface area contributed by atoms with E-state index in [0.717, 1.165) is 37.7 Å². The van der Waals surface area contributed by atoms with Crippen molar-refractivity contribution in [2.45, 2.75) is 51.1 Å². The molecule has 6 nitrogen and oxygen atoms in total. The summed E-state index contributed by atoms with van der Waals surface area (Å²) in [6.45, 7) is 1.58. The lowest BCUT2D eigenvalue weighted by Gasteiger charge is -2.34. The summed E-state index contributed by atoms with van der Waals surface area (Å²) < 4.78 is 20.0. The normalized spacial score (nSPS) is 14.7. The number of amides is 2. The molecule has 1 atom stereocenters. The molecule has 0 bridgehead atoms. The number of aromatic nitrogens is 1. The van der Waals surface area contributed by atoms with Gasteiger partial charge in [0.2, 0.25) is 5.91 Å². The lowest BCUT2D eigenvalue weighted by molar-refractivity contribution is -0.128. The van der Waals surface area contributed by atoms with Crippen LogP contribution in [-0.4, -0.2) is 29.4 Å². The standard InChI is InChI=1S/C28H30FN3O3/c1-20-8-5-6-13-25(20)27(28(34)31-22-10-3-2-4-11-22)32(23-12-7-9-21(29)18-23)26(33)19-35-24-14-16-30-17-15-24/h5-9,12-18,22,27H,2-4,10-11,19H2,1H3,(H,31,34). The van der Waals surface area contributed by atoms with E-state index in [9.17, 15) is 14.0 Å². The van der Waals surface area contributed by atoms with Crippen molar-refractivity contribution in [3.05, 3.63) is 90.0 Å². The minimum Gasteiger partial charge on any atom is -0.484 e. The van der Waals surface area contributed by atoms with Crippen molar-refractivity contribution in [1.82, 2.24) is 10.3 Å². The summed E-state index contributed by atoms with van der Waals surface area (Å²) in [5.74, 6) is -0.759. The zero-order chi connectivity index (χ0) is 24.6. The van der Waals surface area contributed by atoms with Crippen LogP contribution in [0.25, 0.3) is 0 Å². The maximum atomic E-state index is 14.3. The molecule has 7 heteroatoms. The van der Waals surface area contributed by atoms with E-state index in [1.807, 2.05) is 31.2 Å². The third-order valence-corrected chi connectivity index (χ3v) is 6.31. The van der Waals surface area contributed by atoms with Crippen molar-refractivity contribution in [2.24, 2.45) is 0 Å². The van der Waals surface area contributed by atoms with Gasteiger partial charge < -0.3 is 10.1 Å². The summed E-state index contributed by atoms with van der Waals surface area (Å²) in [6.07, 6.45) is 8.23. The van der Waals surface area contributed by atoms with Crippen LogP contribution in [0.4, 0.5) is 10.1 Å². The Morgan fingerprint density at radius 3 is 2.51 bits per heavy atom. The number of halogens is 1. The van der Waals surface area contributed by atoms with Crippen LogP contribution in [0.3, 0.4) is 0 Å². The molecule has 1 aromatic heterocycles. The summed E-state index contributed by atoms with van der Waals surface area (Å²) in [5.41, 5.74) is 1.84. The van der Waals surface area contributed by atoms with E-state index in [0.29, 0.717) is 17.0 Å². The maximum Gasteiger partial charge on any atom is 0.265 e. The van der Waals surface area contributed by atoms with Crippen molar-refractivity contribution >= 4 is 17.5 Å². The predicted octanol–water partition coefficient (Wildman–Crippen LogP) is 5.13. The summed E-state index contributed by atoms with van der Waals surface area (Å²) in [5, 5.41) is 3.16. The van der Waals surface area contributed by atoms with Crippen LogP contribution >= 0.6 is 0 Å². The highest BCUT2D eigenvalue weighted by Crippen LogP contribution is 2.31. The maximum absolute atomic E-state index is 14.3. The Bertz CT molecular complexity index is 1150. The minimum absolute atomic E-state index is 0.0558. The number of carbonyl (C=O) groups is 2. The van der Waals surface area contributed by atoms with Crippen molar-refractivity contribution in [1.29, 1.82) is 0 Å². The molecule has 1 fully saturated rings. The van der Waals surface area contributed by atoms with Crippen LogP contribution in [-0.2, 0) is 9.59 Å². The fourth-order valence-electron chi connectivity index (χ4n) is 4.53. The number of pyridine rings is 1. The van der Waals surface area contributed by atoms with Gasteiger partial charge in [-0.1, -0.05) is 49.6 Å². The number of hydrogen-bond acceptors (Lipinski definition) is 4. The number of anilines is 1. The summed E-state index contributed by atoms with van der Waals surface area (Å²) >= 11 is 0. The molecule has 182 valence electrons. The highest BCUT2D eigenvalue weighted by molar-refractivity contribution is 6.02. The zero-order valence-electron chi connectivity index (χ0n) is 19.8. The van der Waals surface area contributed by atoms with Gasteiger partial charge in [0.05, 0.1) is 0 Å². The van der Waals surface area contributed by atoms with Crippen LogP contribution in [0.15, 0.2) is 73.1 Å². The van der Waals surface area contributed by atoms with Gasteiger partial charge in [0.25, 0.3) is 5.91 Å².